The van der Waals surface area contributed by atoms with E-state index in [-0.39, 0.29) is 12.1 Å². The molecule has 0 aliphatic heterocycles. The lowest BCUT2D eigenvalue weighted by Gasteiger charge is -2.18. The lowest BCUT2D eigenvalue weighted by molar-refractivity contribution is 0.313. The summed E-state index contributed by atoms with van der Waals surface area (Å²) < 4.78 is 27.6. The van der Waals surface area contributed by atoms with Gasteiger partial charge in [0, 0.05) is 25.2 Å². The van der Waals surface area contributed by atoms with Gasteiger partial charge in [0.15, 0.2) is 0 Å². The fraction of sp³-hybridized carbons (Fsp3) is 0.538. The summed E-state index contributed by atoms with van der Waals surface area (Å²) in [6, 6.07) is 2.67. The lowest BCUT2D eigenvalue weighted by Crippen LogP contribution is -2.29. The minimum Gasteiger partial charge on any atom is -0.315 e. The van der Waals surface area contributed by atoms with E-state index in [0.717, 1.165) is 26.1 Å². The molecular formula is C13H19BrF2N2. The Kier molecular flexibility index (Phi) is 6.75. The van der Waals surface area contributed by atoms with Crippen LogP contribution in [0.4, 0.5) is 8.78 Å². The highest BCUT2D eigenvalue weighted by Gasteiger charge is 2.13. The molecule has 0 unspecified atom stereocenters. The third-order valence-corrected chi connectivity index (χ3v) is 3.28. The molecule has 0 saturated carbocycles. The predicted octanol–water partition coefficient (Wildman–Crippen LogP) is 3.16. The van der Waals surface area contributed by atoms with Gasteiger partial charge in [0.05, 0.1) is 4.47 Å². The number of nitrogens with one attached hydrogen (secondary N) is 1. The first kappa shape index (κ1) is 15.5. The number of halogens is 3. The van der Waals surface area contributed by atoms with E-state index < -0.39 is 11.6 Å². The predicted molar refractivity (Wildman–Crippen MR) is 73.6 cm³/mol. The molecule has 0 aliphatic carbocycles. The molecule has 0 radical (unpaired) electrons. The summed E-state index contributed by atoms with van der Waals surface area (Å²) in [6.45, 7) is 4.91. The third-order valence-electron chi connectivity index (χ3n) is 2.66. The molecule has 1 rings (SSSR count). The molecule has 0 spiro atoms. The second kappa shape index (κ2) is 7.81. The van der Waals surface area contributed by atoms with E-state index in [9.17, 15) is 8.78 Å². The van der Waals surface area contributed by atoms with Crippen molar-refractivity contribution in [2.45, 2.75) is 19.9 Å². The molecule has 0 amide bonds. The molecule has 0 fully saturated rings. The second-order valence-electron chi connectivity index (χ2n) is 4.31. The number of benzene rings is 1. The van der Waals surface area contributed by atoms with Crippen molar-refractivity contribution in [3.63, 3.8) is 0 Å². The van der Waals surface area contributed by atoms with Crippen molar-refractivity contribution in [1.82, 2.24) is 10.2 Å². The highest BCUT2D eigenvalue weighted by Crippen LogP contribution is 2.22. The van der Waals surface area contributed by atoms with Crippen LogP contribution < -0.4 is 5.32 Å². The first-order valence-corrected chi connectivity index (χ1v) is 6.87. The van der Waals surface area contributed by atoms with E-state index in [0.29, 0.717) is 4.47 Å². The zero-order valence-corrected chi connectivity index (χ0v) is 12.4. The van der Waals surface area contributed by atoms with Gasteiger partial charge in [-0.15, -0.1) is 0 Å². The Hall–Kier alpha value is -0.520. The zero-order valence-electron chi connectivity index (χ0n) is 10.8. The summed E-state index contributed by atoms with van der Waals surface area (Å²) in [7, 11) is 1.85. The normalized spacial score (nSPS) is 11.2. The third kappa shape index (κ3) is 4.63. The van der Waals surface area contributed by atoms with E-state index in [4.69, 9.17) is 0 Å². The van der Waals surface area contributed by atoms with Crippen LogP contribution in [-0.2, 0) is 6.54 Å². The average Bonchev–Trinajstić information content (AvgIpc) is 2.35. The van der Waals surface area contributed by atoms with Crippen LogP contribution in [0.25, 0.3) is 0 Å². The summed E-state index contributed by atoms with van der Waals surface area (Å²) in [5.41, 5.74) is 0.113. The zero-order chi connectivity index (χ0) is 13.5. The van der Waals surface area contributed by atoms with Gasteiger partial charge in [-0.1, -0.05) is 6.92 Å². The maximum absolute atomic E-state index is 13.7. The average molecular weight is 321 g/mol. The van der Waals surface area contributed by atoms with Gasteiger partial charge in [-0.3, -0.25) is 0 Å². The Morgan fingerprint density at radius 3 is 2.67 bits per heavy atom. The van der Waals surface area contributed by atoms with Crippen LogP contribution >= 0.6 is 15.9 Å². The Bertz CT molecular complexity index is 385. The number of hydrogen-bond acceptors (Lipinski definition) is 2. The Labute approximate surface area is 115 Å². The van der Waals surface area contributed by atoms with Gasteiger partial charge in [-0.25, -0.2) is 8.78 Å². The van der Waals surface area contributed by atoms with Crippen LogP contribution in [0, 0.1) is 11.6 Å². The van der Waals surface area contributed by atoms with Crippen LogP contribution in [0.2, 0.25) is 0 Å². The Morgan fingerprint density at radius 2 is 2.00 bits per heavy atom. The number of hydrogen-bond donors (Lipinski definition) is 1. The largest absolute Gasteiger partial charge is 0.315 e. The fourth-order valence-electron chi connectivity index (χ4n) is 1.63. The van der Waals surface area contributed by atoms with Crippen molar-refractivity contribution >= 4 is 15.9 Å². The molecule has 0 saturated heterocycles. The monoisotopic (exact) mass is 320 g/mol. The molecule has 1 aromatic rings. The maximum Gasteiger partial charge on any atom is 0.144 e. The number of likely N-dealkylation sites (N-methyl/N-ethyl adjacent to an activating group) is 1. The van der Waals surface area contributed by atoms with Gasteiger partial charge in [0.25, 0.3) is 0 Å². The first-order chi connectivity index (χ1) is 8.56. The van der Waals surface area contributed by atoms with Gasteiger partial charge in [0.2, 0.25) is 0 Å². The van der Waals surface area contributed by atoms with Crippen LogP contribution in [0.5, 0.6) is 0 Å². The molecule has 18 heavy (non-hydrogen) atoms. The molecular weight excluding hydrogens is 302 g/mol. The van der Waals surface area contributed by atoms with Gasteiger partial charge in [-0.2, -0.15) is 0 Å². The van der Waals surface area contributed by atoms with Gasteiger partial charge in [-0.05, 0) is 48.1 Å². The van der Waals surface area contributed by atoms with E-state index in [1.165, 1.54) is 12.1 Å². The molecule has 0 atom stereocenters. The highest BCUT2D eigenvalue weighted by atomic mass is 79.9. The van der Waals surface area contributed by atoms with Crippen LogP contribution in [0.3, 0.4) is 0 Å². The van der Waals surface area contributed by atoms with Crippen molar-refractivity contribution in [3.05, 3.63) is 33.8 Å². The quantitative estimate of drug-likeness (QED) is 0.613. The smallest absolute Gasteiger partial charge is 0.144 e. The first-order valence-electron chi connectivity index (χ1n) is 6.08. The van der Waals surface area contributed by atoms with Gasteiger partial charge < -0.3 is 10.2 Å². The molecule has 2 nitrogen and oxygen atoms in total. The van der Waals surface area contributed by atoms with E-state index >= 15 is 0 Å². The molecule has 1 N–H and O–H groups in total. The maximum atomic E-state index is 13.7. The van der Waals surface area contributed by atoms with Crippen LogP contribution in [0.15, 0.2) is 16.6 Å². The van der Waals surface area contributed by atoms with Crippen molar-refractivity contribution in [2.24, 2.45) is 0 Å². The van der Waals surface area contributed by atoms with Crippen molar-refractivity contribution in [3.8, 4) is 0 Å². The number of nitrogens with zero attached hydrogens (tertiary/aromatic N) is 1. The Morgan fingerprint density at radius 1 is 1.28 bits per heavy atom. The summed E-state index contributed by atoms with van der Waals surface area (Å²) in [6.07, 6.45) is 1.08. The molecule has 0 aliphatic rings. The van der Waals surface area contributed by atoms with Crippen LogP contribution in [-0.4, -0.2) is 31.6 Å². The lowest BCUT2D eigenvalue weighted by atomic mass is 10.2. The molecule has 102 valence electrons. The second-order valence-corrected chi connectivity index (χ2v) is 5.16. The summed E-state index contributed by atoms with van der Waals surface area (Å²) >= 11 is 3.07. The van der Waals surface area contributed by atoms with Gasteiger partial charge in [0.1, 0.15) is 11.6 Å². The van der Waals surface area contributed by atoms with Crippen molar-refractivity contribution in [2.75, 3.05) is 26.7 Å². The minimum atomic E-state index is -0.511. The molecule has 5 heteroatoms. The molecule has 0 aromatic heterocycles. The van der Waals surface area contributed by atoms with Crippen LogP contribution in [0.1, 0.15) is 18.9 Å². The summed E-state index contributed by atoms with van der Waals surface area (Å²) in [4.78, 5) is 1.90. The number of rotatable bonds is 7. The molecule has 1 aromatic carbocycles. The van der Waals surface area contributed by atoms with E-state index in [1.54, 1.807) is 0 Å². The summed E-state index contributed by atoms with van der Waals surface area (Å²) in [5.74, 6) is -1.01. The van der Waals surface area contributed by atoms with E-state index in [1.807, 2.05) is 11.9 Å². The standard InChI is InChI=1S/C13H19BrF2N2/c1-3-6-17-7-8-18(2)9-10-12(15)5-4-11(14)13(10)16/h4-5,17H,3,6-9H2,1-2H3. The molecule has 0 bridgehead atoms. The minimum absolute atomic E-state index is 0.113. The fourth-order valence-corrected chi connectivity index (χ4v) is 2.01. The topological polar surface area (TPSA) is 15.3 Å². The van der Waals surface area contributed by atoms with Gasteiger partial charge >= 0.3 is 0 Å². The van der Waals surface area contributed by atoms with Crippen molar-refractivity contribution in [1.29, 1.82) is 0 Å². The van der Waals surface area contributed by atoms with Crippen molar-refractivity contribution < 1.29 is 8.78 Å². The highest BCUT2D eigenvalue weighted by molar-refractivity contribution is 9.10. The summed E-state index contributed by atoms with van der Waals surface area (Å²) in [5, 5.41) is 3.25. The SMILES string of the molecule is CCCNCCN(C)Cc1c(F)ccc(Br)c1F. The molecule has 0 heterocycles. The Balaban J connectivity index is 2.54. The van der Waals surface area contributed by atoms with E-state index in [2.05, 4.69) is 28.2 Å².